The zero-order valence-electron chi connectivity index (χ0n) is 10.1. The monoisotopic (exact) mass is 228 g/mol. The third-order valence-corrected chi connectivity index (χ3v) is 3.01. The lowest BCUT2D eigenvalue weighted by molar-refractivity contribution is -0.715. The number of hydrogen-bond donors (Lipinski definition) is 1. The summed E-state index contributed by atoms with van der Waals surface area (Å²) in [6, 6.07) is 14.2. The van der Waals surface area contributed by atoms with Crippen molar-refractivity contribution < 1.29 is 9.67 Å². The van der Waals surface area contributed by atoms with Gasteiger partial charge in [-0.05, 0) is 12.5 Å². The van der Waals surface area contributed by atoms with Crippen molar-refractivity contribution in [3.8, 4) is 0 Å². The first-order valence-electron chi connectivity index (χ1n) is 6.00. The highest BCUT2D eigenvalue weighted by molar-refractivity contribution is 5.17. The van der Waals surface area contributed by atoms with Crippen molar-refractivity contribution in [3.63, 3.8) is 0 Å². The maximum Gasteiger partial charge on any atom is 0.206 e. The average Bonchev–Trinajstić information content (AvgIpc) is 2.41. The van der Waals surface area contributed by atoms with Crippen LogP contribution < -0.4 is 4.57 Å². The third kappa shape index (κ3) is 2.71. The van der Waals surface area contributed by atoms with Gasteiger partial charge in [0.1, 0.15) is 6.61 Å². The fourth-order valence-corrected chi connectivity index (χ4v) is 1.99. The standard InChI is InChI=1S/C15H18NO/c1-2-13-7-6-10-16(11-13)15(12-17)14-8-4-3-5-9-14/h3-11,15,17H,2,12H2,1H3/q+1. The van der Waals surface area contributed by atoms with Crippen LogP contribution in [0.5, 0.6) is 0 Å². The van der Waals surface area contributed by atoms with E-state index in [1.807, 2.05) is 42.6 Å². The minimum atomic E-state index is 0.00250. The van der Waals surface area contributed by atoms with E-state index in [9.17, 15) is 5.11 Å². The Kier molecular flexibility index (Phi) is 3.89. The maximum absolute atomic E-state index is 9.58. The lowest BCUT2D eigenvalue weighted by Crippen LogP contribution is -2.41. The van der Waals surface area contributed by atoms with E-state index in [1.165, 1.54) is 5.56 Å². The molecule has 2 heteroatoms. The molecule has 1 N–H and O–H groups in total. The zero-order chi connectivity index (χ0) is 12.1. The third-order valence-electron chi connectivity index (χ3n) is 3.01. The Bertz CT molecular complexity index is 467. The Balaban J connectivity index is 2.35. The lowest BCUT2D eigenvalue weighted by atomic mass is 10.1. The molecule has 0 aliphatic carbocycles. The molecule has 0 radical (unpaired) electrons. The smallest absolute Gasteiger partial charge is 0.206 e. The number of nitrogens with zero attached hydrogens (tertiary/aromatic N) is 1. The van der Waals surface area contributed by atoms with Crippen LogP contribution in [0.25, 0.3) is 0 Å². The van der Waals surface area contributed by atoms with E-state index < -0.39 is 0 Å². The van der Waals surface area contributed by atoms with E-state index >= 15 is 0 Å². The van der Waals surface area contributed by atoms with Gasteiger partial charge in [0.25, 0.3) is 0 Å². The highest BCUT2D eigenvalue weighted by Gasteiger charge is 2.19. The largest absolute Gasteiger partial charge is 0.389 e. The SMILES string of the molecule is CCc1ccc[n+](C(CO)c2ccccc2)c1. The molecule has 88 valence electrons. The van der Waals surface area contributed by atoms with E-state index in [2.05, 4.69) is 23.8 Å². The Morgan fingerprint density at radius 1 is 1.12 bits per heavy atom. The van der Waals surface area contributed by atoms with Gasteiger partial charge in [-0.3, -0.25) is 0 Å². The second-order valence-electron chi connectivity index (χ2n) is 4.12. The van der Waals surface area contributed by atoms with Crippen molar-refractivity contribution in [1.82, 2.24) is 0 Å². The molecule has 1 heterocycles. The fourth-order valence-electron chi connectivity index (χ4n) is 1.99. The summed E-state index contributed by atoms with van der Waals surface area (Å²) in [6.07, 6.45) is 5.12. The van der Waals surface area contributed by atoms with Crippen LogP contribution in [0.15, 0.2) is 54.9 Å². The Labute approximate surface area is 102 Å². The number of aliphatic hydroxyl groups excluding tert-OH is 1. The van der Waals surface area contributed by atoms with Gasteiger partial charge in [-0.25, -0.2) is 0 Å². The van der Waals surface area contributed by atoms with Crippen LogP contribution in [0.2, 0.25) is 0 Å². The average molecular weight is 228 g/mol. The Morgan fingerprint density at radius 3 is 2.53 bits per heavy atom. The second kappa shape index (κ2) is 5.60. The van der Waals surface area contributed by atoms with Gasteiger partial charge in [0.15, 0.2) is 12.4 Å². The van der Waals surface area contributed by atoms with Crippen molar-refractivity contribution in [2.24, 2.45) is 0 Å². The van der Waals surface area contributed by atoms with E-state index in [0.717, 1.165) is 12.0 Å². The molecule has 0 saturated carbocycles. The predicted octanol–water partition coefficient (Wildman–Crippen LogP) is 2.12. The van der Waals surface area contributed by atoms with Crippen LogP contribution in [-0.2, 0) is 6.42 Å². The fraction of sp³-hybridized carbons (Fsp3) is 0.267. The van der Waals surface area contributed by atoms with Crippen LogP contribution in [0.1, 0.15) is 24.1 Å². The number of hydrogen-bond acceptors (Lipinski definition) is 1. The summed E-state index contributed by atoms with van der Waals surface area (Å²) in [5.74, 6) is 0. The number of aliphatic hydroxyl groups is 1. The van der Waals surface area contributed by atoms with Gasteiger partial charge in [-0.2, -0.15) is 4.57 Å². The van der Waals surface area contributed by atoms with Gasteiger partial charge in [-0.1, -0.05) is 37.3 Å². The number of aryl methyl sites for hydroxylation is 1. The molecule has 17 heavy (non-hydrogen) atoms. The van der Waals surface area contributed by atoms with Gasteiger partial charge < -0.3 is 5.11 Å². The Hall–Kier alpha value is -1.67. The first-order chi connectivity index (χ1) is 8.35. The van der Waals surface area contributed by atoms with Gasteiger partial charge in [0.2, 0.25) is 6.04 Å². The number of benzene rings is 1. The molecule has 2 rings (SSSR count). The van der Waals surface area contributed by atoms with Crippen molar-refractivity contribution in [2.45, 2.75) is 19.4 Å². The zero-order valence-corrected chi connectivity index (χ0v) is 10.1. The van der Waals surface area contributed by atoms with Crippen LogP contribution in [-0.4, -0.2) is 11.7 Å². The Morgan fingerprint density at radius 2 is 1.88 bits per heavy atom. The van der Waals surface area contributed by atoms with Crippen LogP contribution in [0.3, 0.4) is 0 Å². The molecule has 0 aliphatic heterocycles. The predicted molar refractivity (Wildman–Crippen MR) is 67.7 cm³/mol. The molecule has 0 saturated heterocycles. The molecule has 1 aromatic carbocycles. The van der Waals surface area contributed by atoms with E-state index in [0.29, 0.717) is 0 Å². The van der Waals surface area contributed by atoms with E-state index in [4.69, 9.17) is 0 Å². The molecular formula is C15H18NO+. The molecule has 0 spiro atoms. The van der Waals surface area contributed by atoms with Crippen LogP contribution in [0.4, 0.5) is 0 Å². The second-order valence-corrected chi connectivity index (χ2v) is 4.12. The summed E-state index contributed by atoms with van der Waals surface area (Å²) in [4.78, 5) is 0. The number of aromatic nitrogens is 1. The molecule has 2 nitrogen and oxygen atoms in total. The van der Waals surface area contributed by atoms with Gasteiger partial charge >= 0.3 is 0 Å². The molecule has 1 aromatic heterocycles. The first-order valence-corrected chi connectivity index (χ1v) is 6.00. The normalized spacial score (nSPS) is 12.4. The minimum absolute atomic E-state index is 0.00250. The topological polar surface area (TPSA) is 24.1 Å². The summed E-state index contributed by atoms with van der Waals surface area (Å²) in [6.45, 7) is 2.25. The minimum Gasteiger partial charge on any atom is -0.389 e. The van der Waals surface area contributed by atoms with Crippen molar-refractivity contribution in [3.05, 3.63) is 66.0 Å². The van der Waals surface area contributed by atoms with Gasteiger partial charge in [0.05, 0.1) is 0 Å². The quantitative estimate of drug-likeness (QED) is 0.796. The highest BCUT2D eigenvalue weighted by Crippen LogP contribution is 2.11. The van der Waals surface area contributed by atoms with Gasteiger partial charge in [0, 0.05) is 17.2 Å². The first kappa shape index (κ1) is 11.8. The molecule has 2 aromatic rings. The number of rotatable bonds is 4. The number of pyridine rings is 1. The van der Waals surface area contributed by atoms with Crippen molar-refractivity contribution in [2.75, 3.05) is 6.61 Å². The van der Waals surface area contributed by atoms with E-state index in [-0.39, 0.29) is 12.6 Å². The van der Waals surface area contributed by atoms with Crippen LogP contribution in [0, 0.1) is 0 Å². The summed E-state index contributed by atoms with van der Waals surface area (Å²) in [5.41, 5.74) is 2.41. The highest BCUT2D eigenvalue weighted by atomic mass is 16.3. The van der Waals surface area contributed by atoms with E-state index in [1.54, 1.807) is 0 Å². The van der Waals surface area contributed by atoms with Gasteiger partial charge in [-0.15, -0.1) is 0 Å². The molecule has 0 aliphatic rings. The summed E-state index contributed by atoms with van der Waals surface area (Å²) >= 11 is 0. The lowest BCUT2D eigenvalue weighted by Gasteiger charge is -2.10. The molecule has 0 fully saturated rings. The molecule has 0 amide bonds. The summed E-state index contributed by atoms with van der Waals surface area (Å²) in [7, 11) is 0. The van der Waals surface area contributed by atoms with Crippen LogP contribution >= 0.6 is 0 Å². The molecular weight excluding hydrogens is 210 g/mol. The molecule has 1 unspecified atom stereocenters. The summed E-state index contributed by atoms with van der Waals surface area (Å²) < 4.78 is 2.08. The molecule has 1 atom stereocenters. The maximum atomic E-state index is 9.58. The molecule has 0 bridgehead atoms. The summed E-state index contributed by atoms with van der Waals surface area (Å²) in [5, 5.41) is 9.58. The van der Waals surface area contributed by atoms with Crippen molar-refractivity contribution >= 4 is 0 Å². The van der Waals surface area contributed by atoms with Crippen molar-refractivity contribution in [1.29, 1.82) is 0 Å².